The van der Waals surface area contributed by atoms with E-state index in [1.54, 1.807) is 13.2 Å². The van der Waals surface area contributed by atoms with Crippen LogP contribution in [0.15, 0.2) is 77.8 Å². The molecule has 2 unspecified atom stereocenters. The summed E-state index contributed by atoms with van der Waals surface area (Å²) in [5.74, 6) is -0.415. The first-order valence-corrected chi connectivity index (χ1v) is 15.5. The minimum atomic E-state index is -0.933. The number of benzene rings is 2. The number of fused-ring (bicyclic) bond motifs is 3. The number of ether oxygens (including phenoxy) is 1. The van der Waals surface area contributed by atoms with Crippen LogP contribution in [0.25, 0.3) is 21.8 Å². The Morgan fingerprint density at radius 1 is 0.977 bits per heavy atom. The van der Waals surface area contributed by atoms with E-state index in [1.807, 2.05) is 80.6 Å². The molecule has 2 amide bonds. The number of hydrogen-bond acceptors (Lipinski definition) is 7. The summed E-state index contributed by atoms with van der Waals surface area (Å²) in [6.07, 6.45) is 8.43. The third-order valence-corrected chi connectivity index (χ3v) is 9.02. The van der Waals surface area contributed by atoms with E-state index < -0.39 is 23.9 Å². The number of nitrogens with zero attached hydrogens (tertiary/aromatic N) is 2. The van der Waals surface area contributed by atoms with E-state index in [-0.39, 0.29) is 29.4 Å². The fourth-order valence-corrected chi connectivity index (χ4v) is 6.74. The minimum absolute atomic E-state index is 0.0458. The summed E-state index contributed by atoms with van der Waals surface area (Å²) in [7, 11) is 1.57. The van der Waals surface area contributed by atoms with Crippen molar-refractivity contribution in [3.8, 4) is 5.75 Å². The van der Waals surface area contributed by atoms with Crippen LogP contribution in [0.2, 0.25) is 0 Å². The van der Waals surface area contributed by atoms with Crippen LogP contribution in [0, 0.1) is 5.92 Å². The van der Waals surface area contributed by atoms with Crippen molar-refractivity contribution in [2.45, 2.75) is 50.1 Å². The number of para-hydroxylation sites is 1. The maximum atomic E-state index is 14.0. The molecule has 0 fully saturated rings. The van der Waals surface area contributed by atoms with Crippen molar-refractivity contribution in [1.29, 1.82) is 0 Å². The second-order valence-electron chi connectivity index (χ2n) is 11.4. The summed E-state index contributed by atoms with van der Waals surface area (Å²) >= 11 is 1.41. The summed E-state index contributed by atoms with van der Waals surface area (Å²) in [6, 6.07) is 12.9. The zero-order valence-corrected chi connectivity index (χ0v) is 25.5. The highest BCUT2D eigenvalue weighted by atomic mass is 32.2. The highest BCUT2D eigenvalue weighted by Crippen LogP contribution is 2.32. The van der Waals surface area contributed by atoms with Crippen LogP contribution in [-0.2, 0) is 16.0 Å². The lowest BCUT2D eigenvalue weighted by Crippen LogP contribution is -2.53. The van der Waals surface area contributed by atoms with E-state index in [9.17, 15) is 14.4 Å². The number of carbonyl (C=O) groups excluding carboxylic acids is 3. The zero-order valence-electron chi connectivity index (χ0n) is 24.7. The maximum absolute atomic E-state index is 14.0. The number of hydrogen-bond donors (Lipinski definition) is 4. The molecule has 1 aliphatic carbocycles. The average Bonchev–Trinajstić information content (AvgIpc) is 3.76. The van der Waals surface area contributed by atoms with Gasteiger partial charge in [0.05, 0.1) is 29.6 Å². The van der Waals surface area contributed by atoms with Crippen LogP contribution in [0.5, 0.6) is 5.75 Å². The Labute approximate surface area is 258 Å². The van der Waals surface area contributed by atoms with E-state index in [0.717, 1.165) is 21.8 Å². The summed E-state index contributed by atoms with van der Waals surface area (Å²) in [5.41, 5.74) is 2.56. The van der Waals surface area contributed by atoms with Gasteiger partial charge in [-0.05, 0) is 36.6 Å². The van der Waals surface area contributed by atoms with Gasteiger partial charge in [0.1, 0.15) is 28.6 Å². The maximum Gasteiger partial charge on any atom is 0.268 e. The first kappa shape index (κ1) is 29.4. The second-order valence-corrected chi connectivity index (χ2v) is 12.5. The van der Waals surface area contributed by atoms with E-state index >= 15 is 0 Å². The number of ketones is 1. The number of Topliss-reactive ketones (excluding diaryl/α,β-unsaturated/α-hetero) is 1. The fourth-order valence-electron chi connectivity index (χ4n) is 5.58. The standard InChI is InChI=1S/C33H34N6O4S/c1-18(2)15-26(36-32(42)27-16-20-21(34-27)12-8-13-28(20)43-3)31(41)35-25(17-24-19-9-4-5-10-22(19)38-39-24)30(40)33-37-23-11-6-7-14-29(23)44-33/h4-14,16,18,23,25-26,29,34H,15,17H2,1-3H3,(H,35,41)(H,36,42)(H,38,39)/t23?,25-,26-,29?/m0/s1. The number of H-pyrrole nitrogens is 2. The second kappa shape index (κ2) is 12.5. The molecule has 0 radical (unpaired) electrons. The number of nitrogens with one attached hydrogen (secondary N) is 4. The highest BCUT2D eigenvalue weighted by molar-refractivity contribution is 8.16. The molecule has 11 heteroatoms. The zero-order chi connectivity index (χ0) is 30.8. The molecular weight excluding hydrogens is 576 g/mol. The minimum Gasteiger partial charge on any atom is -0.496 e. The number of aliphatic imine (C=N–C) groups is 1. The molecule has 0 spiro atoms. The van der Waals surface area contributed by atoms with Gasteiger partial charge in [0.2, 0.25) is 11.7 Å². The molecule has 4 N–H and O–H groups in total. The van der Waals surface area contributed by atoms with Gasteiger partial charge in [-0.1, -0.05) is 74.2 Å². The number of aromatic nitrogens is 3. The normalized spacial score (nSPS) is 18.7. The largest absolute Gasteiger partial charge is 0.496 e. The Bertz CT molecular complexity index is 1820. The van der Waals surface area contributed by atoms with Gasteiger partial charge >= 0.3 is 0 Å². The summed E-state index contributed by atoms with van der Waals surface area (Å²) in [5, 5.41) is 15.4. The van der Waals surface area contributed by atoms with Crippen LogP contribution in [0.4, 0.5) is 0 Å². The predicted molar refractivity (Wildman–Crippen MR) is 173 cm³/mol. The van der Waals surface area contributed by atoms with Crippen molar-refractivity contribution in [3.05, 3.63) is 84.2 Å². The number of rotatable bonds is 11. The molecule has 6 rings (SSSR count). The van der Waals surface area contributed by atoms with E-state index in [1.165, 1.54) is 11.8 Å². The van der Waals surface area contributed by atoms with E-state index in [4.69, 9.17) is 4.74 Å². The van der Waals surface area contributed by atoms with Crippen molar-refractivity contribution < 1.29 is 19.1 Å². The lowest BCUT2D eigenvalue weighted by atomic mass is 10.0. The van der Waals surface area contributed by atoms with Crippen LogP contribution in [0.3, 0.4) is 0 Å². The smallest absolute Gasteiger partial charge is 0.268 e. The van der Waals surface area contributed by atoms with Crippen molar-refractivity contribution in [3.63, 3.8) is 0 Å². The summed E-state index contributed by atoms with van der Waals surface area (Å²) in [6.45, 7) is 3.96. The Kier molecular flexibility index (Phi) is 8.38. The monoisotopic (exact) mass is 610 g/mol. The average molecular weight is 611 g/mol. The molecular formula is C33H34N6O4S. The number of aromatic amines is 2. The SMILES string of the molecule is COc1cccc2[nH]c(C(=O)N[C@@H](CC(C)C)C(=O)N[C@@H](Cc3n[nH]c4ccccc34)C(=O)C3=NC4C=CC=CC4S3)cc12. The summed E-state index contributed by atoms with van der Waals surface area (Å²) in [4.78, 5) is 49.1. The van der Waals surface area contributed by atoms with Gasteiger partial charge in [-0.25, -0.2) is 0 Å². The van der Waals surface area contributed by atoms with Gasteiger partial charge < -0.3 is 20.4 Å². The molecule has 1 aliphatic heterocycles. The third kappa shape index (κ3) is 6.05. The highest BCUT2D eigenvalue weighted by Gasteiger charge is 2.36. The topological polar surface area (TPSA) is 141 Å². The molecule has 226 valence electrons. The van der Waals surface area contributed by atoms with Gasteiger partial charge in [-0.3, -0.25) is 24.5 Å². The number of amides is 2. The number of carbonyl (C=O) groups is 3. The van der Waals surface area contributed by atoms with Gasteiger partial charge in [0, 0.05) is 22.7 Å². The Balaban J connectivity index is 1.25. The molecule has 0 saturated heterocycles. The van der Waals surface area contributed by atoms with Gasteiger partial charge in [0.15, 0.2) is 0 Å². The van der Waals surface area contributed by atoms with Crippen molar-refractivity contribution in [2.24, 2.45) is 10.9 Å². The van der Waals surface area contributed by atoms with Crippen LogP contribution in [-0.4, -0.2) is 68.3 Å². The molecule has 2 aromatic carbocycles. The van der Waals surface area contributed by atoms with Crippen LogP contribution in [0.1, 0.15) is 36.5 Å². The summed E-state index contributed by atoms with van der Waals surface area (Å²) < 4.78 is 5.43. The molecule has 2 aliphatic rings. The molecule has 4 atom stereocenters. The van der Waals surface area contributed by atoms with Crippen molar-refractivity contribution in [1.82, 2.24) is 25.8 Å². The Hall–Kier alpha value is -4.64. The number of methoxy groups -OCH3 is 1. The van der Waals surface area contributed by atoms with Gasteiger partial charge in [-0.15, -0.1) is 0 Å². The third-order valence-electron chi connectivity index (χ3n) is 7.78. The molecule has 10 nitrogen and oxygen atoms in total. The van der Waals surface area contributed by atoms with Crippen molar-refractivity contribution >= 4 is 56.2 Å². The molecule has 0 bridgehead atoms. The van der Waals surface area contributed by atoms with E-state index in [0.29, 0.717) is 28.6 Å². The quantitative estimate of drug-likeness (QED) is 0.197. The molecule has 0 saturated carbocycles. The molecule has 4 aromatic rings. The lowest BCUT2D eigenvalue weighted by molar-refractivity contribution is -0.127. The Morgan fingerprint density at radius 3 is 2.57 bits per heavy atom. The lowest BCUT2D eigenvalue weighted by Gasteiger charge is -2.23. The van der Waals surface area contributed by atoms with Crippen LogP contribution >= 0.6 is 11.8 Å². The predicted octanol–water partition coefficient (Wildman–Crippen LogP) is 4.50. The first-order chi connectivity index (χ1) is 21.3. The van der Waals surface area contributed by atoms with E-state index in [2.05, 4.69) is 30.8 Å². The number of allylic oxidation sites excluding steroid dienone is 2. The molecule has 2 aromatic heterocycles. The molecule has 44 heavy (non-hydrogen) atoms. The van der Waals surface area contributed by atoms with Crippen LogP contribution < -0.4 is 15.4 Å². The fraction of sp³-hybridized carbons (Fsp3) is 0.303. The van der Waals surface area contributed by atoms with Crippen molar-refractivity contribution in [2.75, 3.05) is 7.11 Å². The Morgan fingerprint density at radius 2 is 1.77 bits per heavy atom. The molecule has 3 heterocycles. The van der Waals surface area contributed by atoms with Gasteiger partial charge in [0.25, 0.3) is 5.91 Å². The van der Waals surface area contributed by atoms with Gasteiger partial charge in [-0.2, -0.15) is 5.10 Å². The first-order valence-electron chi connectivity index (χ1n) is 14.6. The number of thioether (sulfide) groups is 1.